The van der Waals surface area contributed by atoms with E-state index in [1.807, 2.05) is 30.3 Å². The predicted octanol–water partition coefficient (Wildman–Crippen LogP) is 3.79. The summed E-state index contributed by atoms with van der Waals surface area (Å²) < 4.78 is 5.99. The maximum atomic E-state index is 14.1. The highest BCUT2D eigenvalue weighted by Crippen LogP contribution is 2.46. The van der Waals surface area contributed by atoms with Crippen LogP contribution in [0.15, 0.2) is 89.9 Å². The summed E-state index contributed by atoms with van der Waals surface area (Å²) in [4.78, 5) is 55.7. The summed E-state index contributed by atoms with van der Waals surface area (Å²) in [7, 11) is 1.33. The molecular formula is C38H40N4O7. The Morgan fingerprint density at radius 1 is 1.06 bits per heavy atom. The smallest absolute Gasteiger partial charge is 0.305 e. The Balaban J connectivity index is 1.28. The monoisotopic (exact) mass is 664 g/mol. The van der Waals surface area contributed by atoms with Crippen molar-refractivity contribution >= 4 is 34.2 Å². The van der Waals surface area contributed by atoms with Crippen molar-refractivity contribution in [3.05, 3.63) is 112 Å². The van der Waals surface area contributed by atoms with Gasteiger partial charge in [0.15, 0.2) is 5.60 Å². The van der Waals surface area contributed by atoms with E-state index in [1.54, 1.807) is 66.6 Å². The summed E-state index contributed by atoms with van der Waals surface area (Å²) in [5.41, 5.74) is 1.02. The molecule has 0 fully saturated rings. The Morgan fingerprint density at radius 2 is 1.82 bits per heavy atom. The zero-order valence-electron chi connectivity index (χ0n) is 27.6. The van der Waals surface area contributed by atoms with Crippen molar-refractivity contribution in [3.8, 4) is 5.69 Å². The van der Waals surface area contributed by atoms with Gasteiger partial charge in [-0.1, -0.05) is 61.5 Å². The lowest BCUT2D eigenvalue weighted by molar-refractivity contribution is -0.140. The molecule has 1 aromatic heterocycles. The van der Waals surface area contributed by atoms with Crippen LogP contribution >= 0.6 is 0 Å². The Labute approximate surface area is 284 Å². The number of carbonyl (C=O) groups is 3. The van der Waals surface area contributed by atoms with Crippen molar-refractivity contribution in [2.75, 3.05) is 25.2 Å². The molecule has 49 heavy (non-hydrogen) atoms. The molecule has 2 amide bonds. The average molecular weight is 665 g/mol. The minimum atomic E-state index is -2.01. The molecule has 0 unspecified atom stereocenters. The Kier molecular flexibility index (Phi) is 9.75. The van der Waals surface area contributed by atoms with E-state index in [4.69, 9.17) is 4.74 Å². The van der Waals surface area contributed by atoms with E-state index in [-0.39, 0.29) is 49.5 Å². The summed E-state index contributed by atoms with van der Waals surface area (Å²) in [6, 6.07) is 19.7. The summed E-state index contributed by atoms with van der Waals surface area (Å²) >= 11 is 0. The maximum absolute atomic E-state index is 14.1. The van der Waals surface area contributed by atoms with Crippen LogP contribution in [0.4, 0.5) is 5.69 Å². The van der Waals surface area contributed by atoms with Crippen LogP contribution in [0, 0.1) is 5.92 Å². The third-order valence-electron chi connectivity index (χ3n) is 9.70. The number of unbranched alkanes of at least 4 members (excludes halogenated alkanes) is 1. The van der Waals surface area contributed by atoms with E-state index in [0.717, 1.165) is 11.1 Å². The molecular weight excluding hydrogens is 624 g/mol. The van der Waals surface area contributed by atoms with Crippen LogP contribution in [0.3, 0.4) is 0 Å². The number of hydrogen-bond donors (Lipinski definition) is 2. The minimum Gasteiger partial charge on any atom is -0.469 e. The Morgan fingerprint density at radius 3 is 2.59 bits per heavy atom. The first-order valence-electron chi connectivity index (χ1n) is 16.5. The first-order valence-corrected chi connectivity index (χ1v) is 16.5. The van der Waals surface area contributed by atoms with Gasteiger partial charge in [0, 0.05) is 42.8 Å². The molecule has 254 valence electrons. The van der Waals surface area contributed by atoms with Gasteiger partial charge < -0.3 is 24.7 Å². The largest absolute Gasteiger partial charge is 0.469 e. The number of ether oxygens (including phenoxy) is 1. The standard InChI is InChI=1S/C38H40N4O7/c1-25(10-9-15-34(44)41-23-28-13-4-3-11-26(28)20-30(41)24-43)38(48)32-21-29(42-36(46)31-14-6-5-12-27(31)22-39-42)17-18-33(32)40(37(38)47)19-8-7-16-35(45)49-2/h3-6,9-14,17-18,21-22,25,30,43,48H,7-8,15-16,19-20,23-24H2,1-2H3/b10-9+/t25-,30+,38+/m1/s1. The molecule has 3 atom stereocenters. The molecule has 6 rings (SSSR count). The quantitative estimate of drug-likeness (QED) is 0.140. The van der Waals surface area contributed by atoms with Gasteiger partial charge in [0.2, 0.25) is 5.91 Å². The van der Waals surface area contributed by atoms with Crippen LogP contribution in [-0.2, 0) is 37.7 Å². The third kappa shape index (κ3) is 6.39. The lowest BCUT2D eigenvalue weighted by atomic mass is 9.82. The molecule has 0 saturated heterocycles. The predicted molar refractivity (Wildman–Crippen MR) is 184 cm³/mol. The number of aliphatic hydroxyl groups is 2. The third-order valence-corrected chi connectivity index (χ3v) is 9.70. The van der Waals surface area contributed by atoms with E-state index in [9.17, 15) is 29.4 Å². The molecule has 2 aliphatic rings. The summed E-state index contributed by atoms with van der Waals surface area (Å²) in [6.45, 7) is 2.21. The summed E-state index contributed by atoms with van der Waals surface area (Å²) in [6.07, 6.45) is 6.70. The van der Waals surface area contributed by atoms with E-state index in [2.05, 4.69) is 5.10 Å². The number of amides is 2. The van der Waals surface area contributed by atoms with Gasteiger partial charge in [0.25, 0.3) is 11.5 Å². The Hall–Kier alpha value is -5.13. The second-order valence-corrected chi connectivity index (χ2v) is 12.7. The molecule has 3 heterocycles. The number of hydrogen-bond acceptors (Lipinski definition) is 8. The number of anilines is 1. The summed E-state index contributed by atoms with van der Waals surface area (Å²) in [5, 5.41) is 27.9. The van der Waals surface area contributed by atoms with Crippen LogP contribution in [0.25, 0.3) is 16.5 Å². The Bertz CT molecular complexity index is 1990. The number of aromatic nitrogens is 2. The van der Waals surface area contributed by atoms with Crippen molar-refractivity contribution in [2.45, 2.75) is 57.2 Å². The number of aliphatic hydroxyl groups excluding tert-OH is 1. The van der Waals surface area contributed by atoms with E-state index >= 15 is 0 Å². The second kappa shape index (κ2) is 14.2. The molecule has 0 spiro atoms. The first-order chi connectivity index (χ1) is 23.7. The fourth-order valence-electron chi connectivity index (χ4n) is 6.88. The number of methoxy groups -OCH3 is 1. The highest BCUT2D eigenvalue weighted by molar-refractivity contribution is 6.07. The summed E-state index contributed by atoms with van der Waals surface area (Å²) in [5.74, 6) is -1.81. The number of esters is 1. The topological polar surface area (TPSA) is 142 Å². The fraction of sp³-hybridized carbons (Fsp3) is 0.342. The lowest BCUT2D eigenvalue weighted by Crippen LogP contribution is -2.46. The highest BCUT2D eigenvalue weighted by atomic mass is 16.5. The van der Waals surface area contributed by atoms with Gasteiger partial charge >= 0.3 is 5.97 Å². The van der Waals surface area contributed by atoms with Gasteiger partial charge in [0.1, 0.15) is 0 Å². The maximum Gasteiger partial charge on any atom is 0.305 e. The lowest BCUT2D eigenvalue weighted by Gasteiger charge is -2.36. The van der Waals surface area contributed by atoms with Crippen molar-refractivity contribution in [3.63, 3.8) is 0 Å². The SMILES string of the molecule is COC(=O)CCCCN1C(=O)[C@](O)([C@H](C)/C=C/CC(=O)N2Cc3ccccc3C[C@H]2CO)c2cc(-n3ncc4ccccc4c3=O)ccc21. The van der Waals surface area contributed by atoms with Crippen molar-refractivity contribution in [2.24, 2.45) is 5.92 Å². The number of nitrogens with zero attached hydrogens (tertiary/aromatic N) is 4. The minimum absolute atomic E-state index is 0.0216. The molecule has 11 nitrogen and oxygen atoms in total. The molecule has 2 aliphatic heterocycles. The van der Waals surface area contributed by atoms with E-state index in [0.29, 0.717) is 53.5 Å². The molecule has 0 aliphatic carbocycles. The zero-order chi connectivity index (χ0) is 34.7. The number of carbonyl (C=O) groups excluding carboxylic acids is 3. The van der Waals surface area contributed by atoms with E-state index in [1.165, 1.54) is 16.7 Å². The molecule has 0 radical (unpaired) electrons. The molecule has 4 aromatic rings. The van der Waals surface area contributed by atoms with Gasteiger partial charge in [-0.05, 0) is 54.7 Å². The van der Waals surface area contributed by atoms with Crippen molar-refractivity contribution < 1.29 is 29.3 Å². The van der Waals surface area contributed by atoms with Crippen LogP contribution in [0.1, 0.15) is 49.3 Å². The van der Waals surface area contributed by atoms with Gasteiger partial charge in [-0.2, -0.15) is 9.78 Å². The van der Waals surface area contributed by atoms with Gasteiger partial charge in [-0.3, -0.25) is 19.2 Å². The number of benzene rings is 3. The van der Waals surface area contributed by atoms with Crippen LogP contribution in [-0.4, -0.2) is 69.0 Å². The zero-order valence-corrected chi connectivity index (χ0v) is 27.6. The average Bonchev–Trinajstić information content (AvgIpc) is 3.34. The first kappa shape index (κ1) is 33.8. The second-order valence-electron chi connectivity index (χ2n) is 12.7. The molecule has 11 heteroatoms. The highest BCUT2D eigenvalue weighted by Gasteiger charge is 2.52. The van der Waals surface area contributed by atoms with Crippen LogP contribution in [0.5, 0.6) is 0 Å². The number of fused-ring (bicyclic) bond motifs is 3. The van der Waals surface area contributed by atoms with Gasteiger partial charge in [0.05, 0.1) is 42.7 Å². The van der Waals surface area contributed by atoms with Crippen LogP contribution < -0.4 is 10.5 Å². The van der Waals surface area contributed by atoms with Gasteiger partial charge in [-0.15, -0.1) is 0 Å². The molecule has 0 bridgehead atoms. The molecule has 3 aromatic carbocycles. The van der Waals surface area contributed by atoms with Crippen molar-refractivity contribution in [1.82, 2.24) is 14.7 Å². The molecule has 0 saturated carbocycles. The van der Waals surface area contributed by atoms with Gasteiger partial charge in [-0.25, -0.2) is 0 Å². The van der Waals surface area contributed by atoms with Crippen molar-refractivity contribution in [1.29, 1.82) is 0 Å². The van der Waals surface area contributed by atoms with E-state index < -0.39 is 17.4 Å². The van der Waals surface area contributed by atoms with Crippen LogP contribution in [0.2, 0.25) is 0 Å². The molecule has 2 N–H and O–H groups in total. The fourth-order valence-corrected chi connectivity index (χ4v) is 6.88. The number of rotatable bonds is 11. The normalized spacial score (nSPS) is 19.3.